The summed E-state index contributed by atoms with van der Waals surface area (Å²) in [7, 11) is 3.24. The lowest BCUT2D eigenvalue weighted by Gasteiger charge is -2.16. The van der Waals surface area contributed by atoms with Crippen LogP contribution in [0.4, 0.5) is 8.78 Å². The number of methoxy groups -OCH3 is 1. The van der Waals surface area contributed by atoms with E-state index in [1.807, 2.05) is 13.8 Å². The summed E-state index contributed by atoms with van der Waals surface area (Å²) in [5.74, 6) is 2.11. The number of rotatable bonds is 7. The van der Waals surface area contributed by atoms with E-state index in [4.69, 9.17) is 14.2 Å². The number of ether oxygens (including phenoxy) is 4. The van der Waals surface area contributed by atoms with Crippen molar-refractivity contribution in [3.05, 3.63) is 40.7 Å². The molecule has 8 nitrogen and oxygen atoms in total. The number of halogens is 3. The van der Waals surface area contributed by atoms with Crippen molar-refractivity contribution >= 4 is 29.9 Å². The Balaban J connectivity index is 0.00000341. The Kier molecular flexibility index (Phi) is 8.89. The summed E-state index contributed by atoms with van der Waals surface area (Å²) >= 11 is 0. The SMILES string of the molecule is CN=C(NCc1cc2c(cc1OC(F)F)OCO2)NCc1ncc(C)c(OC)c1C.I. The molecule has 3 rings (SSSR count). The summed E-state index contributed by atoms with van der Waals surface area (Å²) in [4.78, 5) is 8.60. The van der Waals surface area contributed by atoms with Crippen molar-refractivity contribution in [2.45, 2.75) is 33.5 Å². The van der Waals surface area contributed by atoms with Crippen molar-refractivity contribution in [3.63, 3.8) is 0 Å². The summed E-state index contributed by atoms with van der Waals surface area (Å²) in [5, 5.41) is 6.23. The first-order valence-corrected chi connectivity index (χ1v) is 9.23. The van der Waals surface area contributed by atoms with E-state index < -0.39 is 6.61 Å². The quantitative estimate of drug-likeness (QED) is 0.310. The van der Waals surface area contributed by atoms with E-state index in [0.29, 0.717) is 29.6 Å². The number of nitrogens with one attached hydrogen (secondary N) is 2. The van der Waals surface area contributed by atoms with Crippen molar-refractivity contribution in [2.24, 2.45) is 4.99 Å². The van der Waals surface area contributed by atoms with Gasteiger partial charge in [-0.25, -0.2) is 0 Å². The topological polar surface area (TPSA) is 86.2 Å². The number of aromatic nitrogens is 1. The van der Waals surface area contributed by atoms with Crippen molar-refractivity contribution in [1.82, 2.24) is 15.6 Å². The first-order chi connectivity index (χ1) is 14.4. The molecule has 0 unspecified atom stereocenters. The van der Waals surface area contributed by atoms with Gasteiger partial charge in [-0.15, -0.1) is 24.0 Å². The molecule has 0 amide bonds. The molecule has 31 heavy (non-hydrogen) atoms. The minimum Gasteiger partial charge on any atom is -0.496 e. The van der Waals surface area contributed by atoms with Gasteiger partial charge in [-0.05, 0) is 19.9 Å². The van der Waals surface area contributed by atoms with Crippen LogP contribution in [0.2, 0.25) is 0 Å². The van der Waals surface area contributed by atoms with Gasteiger partial charge in [-0.3, -0.25) is 9.98 Å². The van der Waals surface area contributed by atoms with Crippen LogP contribution in [-0.4, -0.2) is 38.5 Å². The number of fused-ring (bicyclic) bond motifs is 1. The summed E-state index contributed by atoms with van der Waals surface area (Å²) in [6.07, 6.45) is 1.75. The van der Waals surface area contributed by atoms with Gasteiger partial charge in [0.25, 0.3) is 0 Å². The third-order valence-electron chi connectivity index (χ3n) is 4.61. The molecular weight excluding hydrogens is 525 g/mol. The van der Waals surface area contributed by atoms with E-state index >= 15 is 0 Å². The maximum Gasteiger partial charge on any atom is 0.387 e. The molecule has 170 valence electrons. The number of aliphatic imine (C=N–C) groups is 1. The molecule has 2 aromatic rings. The molecule has 0 atom stereocenters. The maximum atomic E-state index is 12.8. The molecule has 0 spiro atoms. The lowest BCUT2D eigenvalue weighted by atomic mass is 10.1. The molecular formula is C20H25F2IN4O4. The Bertz CT molecular complexity index is 944. The van der Waals surface area contributed by atoms with Gasteiger partial charge in [-0.1, -0.05) is 0 Å². The number of nitrogens with zero attached hydrogens (tertiary/aromatic N) is 2. The Labute approximate surface area is 196 Å². The van der Waals surface area contributed by atoms with Crippen LogP contribution in [0.3, 0.4) is 0 Å². The molecule has 1 aliphatic rings. The van der Waals surface area contributed by atoms with Crippen LogP contribution in [-0.2, 0) is 13.1 Å². The normalized spacial score (nSPS) is 12.4. The summed E-state index contributed by atoms with van der Waals surface area (Å²) in [5.41, 5.74) is 3.18. The highest BCUT2D eigenvalue weighted by molar-refractivity contribution is 14.0. The fourth-order valence-electron chi connectivity index (χ4n) is 3.13. The highest BCUT2D eigenvalue weighted by Gasteiger charge is 2.20. The zero-order chi connectivity index (χ0) is 21.7. The molecule has 0 aliphatic carbocycles. The van der Waals surface area contributed by atoms with E-state index in [1.54, 1.807) is 26.4 Å². The van der Waals surface area contributed by atoms with E-state index in [-0.39, 0.29) is 43.1 Å². The largest absolute Gasteiger partial charge is 0.496 e. The Morgan fingerprint density at radius 2 is 1.87 bits per heavy atom. The summed E-state index contributed by atoms with van der Waals surface area (Å²) in [6, 6.07) is 3.00. The first-order valence-electron chi connectivity index (χ1n) is 9.23. The predicted molar refractivity (Wildman–Crippen MR) is 122 cm³/mol. The smallest absolute Gasteiger partial charge is 0.387 e. The van der Waals surface area contributed by atoms with E-state index in [2.05, 4.69) is 25.3 Å². The van der Waals surface area contributed by atoms with Gasteiger partial charge in [0.1, 0.15) is 11.5 Å². The first kappa shape index (κ1) is 24.7. The van der Waals surface area contributed by atoms with Crippen LogP contribution in [0.15, 0.2) is 23.3 Å². The van der Waals surface area contributed by atoms with Gasteiger partial charge in [0.2, 0.25) is 6.79 Å². The Hall–Kier alpha value is -2.57. The second-order valence-corrected chi connectivity index (χ2v) is 6.52. The average molecular weight is 550 g/mol. The van der Waals surface area contributed by atoms with E-state index in [9.17, 15) is 8.78 Å². The van der Waals surface area contributed by atoms with Crippen molar-refractivity contribution in [2.75, 3.05) is 21.0 Å². The molecule has 1 aromatic heterocycles. The van der Waals surface area contributed by atoms with Crippen LogP contribution in [0, 0.1) is 13.8 Å². The molecule has 1 aromatic carbocycles. The summed E-state index contributed by atoms with van der Waals surface area (Å²) in [6.45, 7) is 1.54. The number of hydrogen-bond acceptors (Lipinski definition) is 6. The lowest BCUT2D eigenvalue weighted by Crippen LogP contribution is -2.36. The van der Waals surface area contributed by atoms with Gasteiger partial charge < -0.3 is 29.6 Å². The number of pyridine rings is 1. The third kappa shape index (κ3) is 5.99. The zero-order valence-corrected chi connectivity index (χ0v) is 20.0. The highest BCUT2D eigenvalue weighted by Crippen LogP contribution is 2.38. The Morgan fingerprint density at radius 3 is 2.52 bits per heavy atom. The molecule has 0 radical (unpaired) electrons. The molecule has 2 heterocycles. The number of alkyl halides is 2. The van der Waals surface area contributed by atoms with Crippen LogP contribution in [0.5, 0.6) is 23.0 Å². The van der Waals surface area contributed by atoms with Crippen molar-refractivity contribution in [3.8, 4) is 23.0 Å². The van der Waals surface area contributed by atoms with Crippen LogP contribution in [0.25, 0.3) is 0 Å². The van der Waals surface area contributed by atoms with Crippen LogP contribution in [0.1, 0.15) is 22.4 Å². The molecule has 0 bridgehead atoms. The Morgan fingerprint density at radius 1 is 1.19 bits per heavy atom. The fraction of sp³-hybridized carbons (Fsp3) is 0.400. The fourth-order valence-corrected chi connectivity index (χ4v) is 3.13. The standard InChI is InChI=1S/C20H24F2N4O4.HI/c1-11-7-24-14(12(2)18(11)27-4)9-26-20(23-3)25-8-13-5-16-17(29-10-28-16)6-15(13)30-19(21)22;/h5-7,19H,8-10H2,1-4H3,(H2,23,25,26);1H. The monoisotopic (exact) mass is 550 g/mol. The predicted octanol–water partition coefficient (Wildman–Crippen LogP) is 3.52. The molecule has 0 saturated heterocycles. The molecule has 2 N–H and O–H groups in total. The highest BCUT2D eigenvalue weighted by atomic mass is 127. The maximum absolute atomic E-state index is 12.8. The second-order valence-electron chi connectivity index (χ2n) is 6.52. The molecule has 1 aliphatic heterocycles. The average Bonchev–Trinajstić information content (AvgIpc) is 3.16. The van der Waals surface area contributed by atoms with Crippen molar-refractivity contribution in [1.29, 1.82) is 0 Å². The molecule has 11 heteroatoms. The van der Waals surface area contributed by atoms with Gasteiger partial charge in [0, 0.05) is 42.5 Å². The zero-order valence-electron chi connectivity index (χ0n) is 17.6. The van der Waals surface area contributed by atoms with Crippen LogP contribution < -0.4 is 29.6 Å². The second kappa shape index (κ2) is 11.2. The van der Waals surface area contributed by atoms with E-state index in [0.717, 1.165) is 22.6 Å². The van der Waals surface area contributed by atoms with Gasteiger partial charge in [0.15, 0.2) is 17.5 Å². The van der Waals surface area contributed by atoms with E-state index in [1.165, 1.54) is 6.07 Å². The molecule has 0 fully saturated rings. The minimum atomic E-state index is -2.95. The van der Waals surface area contributed by atoms with Gasteiger partial charge in [-0.2, -0.15) is 8.78 Å². The minimum absolute atomic E-state index is 0. The van der Waals surface area contributed by atoms with Gasteiger partial charge in [0.05, 0.1) is 19.3 Å². The van der Waals surface area contributed by atoms with Crippen LogP contribution >= 0.6 is 24.0 Å². The number of guanidine groups is 1. The number of aryl methyl sites for hydroxylation is 1. The number of hydrogen-bond donors (Lipinski definition) is 2. The third-order valence-corrected chi connectivity index (χ3v) is 4.61. The summed E-state index contributed by atoms with van der Waals surface area (Å²) < 4.78 is 46.2. The van der Waals surface area contributed by atoms with Crippen molar-refractivity contribution < 1.29 is 27.7 Å². The number of benzene rings is 1. The molecule has 0 saturated carbocycles. The lowest BCUT2D eigenvalue weighted by molar-refractivity contribution is -0.0505. The van der Waals surface area contributed by atoms with Gasteiger partial charge >= 0.3 is 6.61 Å².